The number of aryl methyl sites for hydroxylation is 2. The molecule has 0 radical (unpaired) electrons. The van der Waals surface area contributed by atoms with Crippen LogP contribution in [-0.2, 0) is 23.7 Å². The maximum atomic E-state index is 13.6. The Hall–Kier alpha value is -3.66. The first-order valence-electron chi connectivity index (χ1n) is 10.9. The molecule has 0 fully saturated rings. The van der Waals surface area contributed by atoms with E-state index in [1.54, 1.807) is 0 Å². The summed E-state index contributed by atoms with van der Waals surface area (Å²) in [5.74, 6) is -0.0541. The van der Waals surface area contributed by atoms with Crippen molar-refractivity contribution in [2.45, 2.75) is 32.6 Å². The lowest BCUT2D eigenvalue weighted by molar-refractivity contribution is -0.119. The standard InChI is InChI=1S/C28H29N3O/c1-20-26(21(2)31(4)30-20)19-22-15-17-25(18-16-22)29-27(32)28(3,23-11-7-5-8-12-23)24-13-9-6-10-14-24/h5-18H,19H2,1-4H3,(H,29,32). The number of benzene rings is 3. The SMILES string of the molecule is Cc1nn(C)c(C)c1Cc1ccc(NC(=O)C(C)(c2ccccc2)c2ccccc2)cc1. The summed E-state index contributed by atoms with van der Waals surface area (Å²) in [5, 5.41) is 7.65. The lowest BCUT2D eigenvalue weighted by Crippen LogP contribution is -2.38. The summed E-state index contributed by atoms with van der Waals surface area (Å²) in [6, 6.07) is 28.0. The number of carbonyl (C=O) groups is 1. The van der Waals surface area contributed by atoms with Gasteiger partial charge in [0.15, 0.2) is 0 Å². The van der Waals surface area contributed by atoms with Crippen LogP contribution in [0.25, 0.3) is 0 Å². The van der Waals surface area contributed by atoms with Crippen LogP contribution < -0.4 is 5.32 Å². The highest BCUT2D eigenvalue weighted by atomic mass is 16.2. The molecule has 0 atom stereocenters. The maximum Gasteiger partial charge on any atom is 0.239 e. The first kappa shape index (κ1) is 21.6. The third-order valence-corrected chi connectivity index (χ3v) is 6.41. The third kappa shape index (κ3) is 4.09. The highest BCUT2D eigenvalue weighted by Crippen LogP contribution is 2.33. The molecule has 0 aliphatic heterocycles. The Morgan fingerprint density at radius 2 is 1.41 bits per heavy atom. The zero-order valence-corrected chi connectivity index (χ0v) is 19.1. The number of anilines is 1. The number of nitrogens with zero attached hydrogens (tertiary/aromatic N) is 2. The number of hydrogen-bond donors (Lipinski definition) is 1. The van der Waals surface area contributed by atoms with Gasteiger partial charge in [-0.25, -0.2) is 0 Å². The average molecular weight is 424 g/mol. The molecule has 4 nitrogen and oxygen atoms in total. The van der Waals surface area contributed by atoms with E-state index >= 15 is 0 Å². The van der Waals surface area contributed by atoms with Crippen molar-refractivity contribution >= 4 is 11.6 Å². The summed E-state index contributed by atoms with van der Waals surface area (Å²) in [4.78, 5) is 13.6. The van der Waals surface area contributed by atoms with Crippen LogP contribution in [0.15, 0.2) is 84.9 Å². The largest absolute Gasteiger partial charge is 0.325 e. The Kier molecular flexibility index (Phi) is 5.95. The van der Waals surface area contributed by atoms with Gasteiger partial charge in [0, 0.05) is 30.4 Å². The van der Waals surface area contributed by atoms with Crippen molar-refractivity contribution in [3.63, 3.8) is 0 Å². The van der Waals surface area contributed by atoms with Crippen LogP contribution in [0.4, 0.5) is 5.69 Å². The minimum atomic E-state index is -0.800. The van der Waals surface area contributed by atoms with E-state index in [-0.39, 0.29) is 5.91 Å². The average Bonchev–Trinajstić information content (AvgIpc) is 3.06. The van der Waals surface area contributed by atoms with Gasteiger partial charge in [-0.2, -0.15) is 5.10 Å². The molecule has 0 bridgehead atoms. The van der Waals surface area contributed by atoms with Crippen LogP contribution in [0.5, 0.6) is 0 Å². The summed E-state index contributed by atoms with van der Waals surface area (Å²) >= 11 is 0. The molecule has 0 spiro atoms. The molecule has 1 amide bonds. The molecule has 3 aromatic carbocycles. The van der Waals surface area contributed by atoms with E-state index in [2.05, 4.69) is 29.5 Å². The van der Waals surface area contributed by atoms with Crippen LogP contribution in [0.3, 0.4) is 0 Å². The Morgan fingerprint density at radius 1 is 0.875 bits per heavy atom. The lowest BCUT2D eigenvalue weighted by atomic mass is 9.75. The van der Waals surface area contributed by atoms with E-state index in [1.165, 1.54) is 16.8 Å². The van der Waals surface area contributed by atoms with Gasteiger partial charge in [0.1, 0.15) is 0 Å². The minimum absolute atomic E-state index is 0.0541. The van der Waals surface area contributed by atoms with Crippen LogP contribution in [0.2, 0.25) is 0 Å². The fraction of sp³-hybridized carbons (Fsp3) is 0.214. The predicted molar refractivity (Wildman–Crippen MR) is 130 cm³/mol. The summed E-state index contributed by atoms with van der Waals surface area (Å²) in [7, 11) is 1.97. The second-order valence-electron chi connectivity index (χ2n) is 8.46. The van der Waals surface area contributed by atoms with Crippen molar-refractivity contribution in [3.05, 3.63) is 119 Å². The molecule has 32 heavy (non-hydrogen) atoms. The first-order valence-corrected chi connectivity index (χ1v) is 10.9. The number of amides is 1. The van der Waals surface area contributed by atoms with Gasteiger partial charge in [-0.1, -0.05) is 72.8 Å². The molecule has 0 aliphatic carbocycles. The quantitative estimate of drug-likeness (QED) is 0.441. The predicted octanol–water partition coefficient (Wildman–Crippen LogP) is 5.57. The van der Waals surface area contributed by atoms with Gasteiger partial charge >= 0.3 is 0 Å². The van der Waals surface area contributed by atoms with E-state index in [4.69, 9.17) is 0 Å². The molecular formula is C28H29N3O. The van der Waals surface area contributed by atoms with E-state index < -0.39 is 5.41 Å². The third-order valence-electron chi connectivity index (χ3n) is 6.41. The number of hydrogen-bond acceptors (Lipinski definition) is 2. The van der Waals surface area contributed by atoms with Crippen LogP contribution in [-0.4, -0.2) is 15.7 Å². The molecule has 0 aliphatic rings. The summed E-state index contributed by atoms with van der Waals surface area (Å²) in [5.41, 5.74) is 6.60. The van der Waals surface area contributed by atoms with Crippen molar-refractivity contribution in [2.24, 2.45) is 7.05 Å². The highest BCUT2D eigenvalue weighted by molar-refractivity contribution is 6.01. The molecule has 4 heteroatoms. The topological polar surface area (TPSA) is 46.9 Å². The number of aromatic nitrogens is 2. The van der Waals surface area contributed by atoms with Crippen molar-refractivity contribution < 1.29 is 4.79 Å². The lowest BCUT2D eigenvalue weighted by Gasteiger charge is -2.29. The van der Waals surface area contributed by atoms with E-state index in [0.29, 0.717) is 0 Å². The van der Waals surface area contributed by atoms with Gasteiger partial charge in [-0.05, 0) is 49.6 Å². The van der Waals surface area contributed by atoms with Crippen LogP contribution in [0, 0.1) is 13.8 Å². The van der Waals surface area contributed by atoms with Gasteiger partial charge in [0.2, 0.25) is 5.91 Å². The number of carbonyl (C=O) groups excluding carboxylic acids is 1. The van der Waals surface area contributed by atoms with E-state index in [9.17, 15) is 4.79 Å². The van der Waals surface area contributed by atoms with Crippen molar-refractivity contribution in [2.75, 3.05) is 5.32 Å². The monoisotopic (exact) mass is 423 g/mol. The molecule has 4 aromatic rings. The summed E-state index contributed by atoms with van der Waals surface area (Å²) < 4.78 is 1.92. The molecule has 0 saturated carbocycles. The zero-order chi connectivity index (χ0) is 22.7. The highest BCUT2D eigenvalue weighted by Gasteiger charge is 2.37. The fourth-order valence-corrected chi connectivity index (χ4v) is 4.21. The van der Waals surface area contributed by atoms with Gasteiger partial charge < -0.3 is 5.32 Å². The molecular weight excluding hydrogens is 394 g/mol. The van der Waals surface area contributed by atoms with Crippen molar-refractivity contribution in [1.29, 1.82) is 0 Å². The van der Waals surface area contributed by atoms with E-state index in [1.807, 2.05) is 98.4 Å². The van der Waals surface area contributed by atoms with Crippen molar-refractivity contribution in [3.8, 4) is 0 Å². The molecule has 1 aromatic heterocycles. The van der Waals surface area contributed by atoms with Gasteiger partial charge in [0.05, 0.1) is 11.1 Å². The molecule has 0 unspecified atom stereocenters. The Morgan fingerprint density at radius 3 is 1.88 bits per heavy atom. The number of nitrogens with one attached hydrogen (secondary N) is 1. The van der Waals surface area contributed by atoms with Crippen LogP contribution in [0.1, 0.15) is 40.6 Å². The van der Waals surface area contributed by atoms with Crippen LogP contribution >= 0.6 is 0 Å². The summed E-state index contributed by atoms with van der Waals surface area (Å²) in [6.45, 7) is 6.12. The molecule has 1 heterocycles. The Labute approximate surface area is 189 Å². The van der Waals surface area contributed by atoms with Crippen molar-refractivity contribution in [1.82, 2.24) is 9.78 Å². The molecule has 0 saturated heterocycles. The molecule has 4 rings (SSSR count). The van der Waals surface area contributed by atoms with E-state index in [0.717, 1.165) is 28.9 Å². The second-order valence-corrected chi connectivity index (χ2v) is 8.46. The second kappa shape index (κ2) is 8.83. The van der Waals surface area contributed by atoms with Gasteiger partial charge in [0.25, 0.3) is 0 Å². The Bertz CT molecular complexity index is 1170. The minimum Gasteiger partial charge on any atom is -0.325 e. The maximum absolute atomic E-state index is 13.6. The summed E-state index contributed by atoms with van der Waals surface area (Å²) in [6.07, 6.45) is 0.825. The molecule has 1 N–H and O–H groups in total. The van der Waals surface area contributed by atoms with Gasteiger partial charge in [-0.3, -0.25) is 9.48 Å². The normalized spacial score (nSPS) is 11.4. The first-order chi connectivity index (χ1) is 15.4. The molecule has 162 valence electrons. The fourth-order valence-electron chi connectivity index (χ4n) is 4.21. The zero-order valence-electron chi connectivity index (χ0n) is 19.1. The number of rotatable bonds is 6. The smallest absolute Gasteiger partial charge is 0.239 e. The van der Waals surface area contributed by atoms with Gasteiger partial charge in [-0.15, -0.1) is 0 Å². The Balaban J connectivity index is 1.58.